The summed E-state index contributed by atoms with van der Waals surface area (Å²) in [6, 6.07) is 22.9. The second kappa shape index (κ2) is 11.6. The summed E-state index contributed by atoms with van der Waals surface area (Å²) in [4.78, 5) is 17.5. The first kappa shape index (κ1) is 26.9. The van der Waals surface area contributed by atoms with Gasteiger partial charge >= 0.3 is 5.97 Å². The predicted molar refractivity (Wildman–Crippen MR) is 158 cm³/mol. The molecule has 4 nitrogen and oxygen atoms in total. The molecule has 2 aliphatic rings. The van der Waals surface area contributed by atoms with E-state index in [1.807, 2.05) is 26.0 Å². The van der Waals surface area contributed by atoms with Gasteiger partial charge in [-0.25, -0.2) is 4.79 Å². The van der Waals surface area contributed by atoms with Gasteiger partial charge in [-0.15, -0.1) is 0 Å². The molecule has 0 spiro atoms. The minimum absolute atomic E-state index is 0.180. The number of aryl methyl sites for hydroxylation is 2. The van der Waals surface area contributed by atoms with Gasteiger partial charge in [0, 0.05) is 42.1 Å². The number of rotatable bonds is 6. The molecule has 1 aliphatic carbocycles. The van der Waals surface area contributed by atoms with Crippen LogP contribution in [-0.4, -0.2) is 40.7 Å². The number of likely N-dealkylation sites (tertiary alicyclic amines) is 1. The van der Waals surface area contributed by atoms with Gasteiger partial charge in [0.05, 0.1) is 12.2 Å². The Hall–Kier alpha value is -3.70. The lowest BCUT2D eigenvalue weighted by Crippen LogP contribution is -2.46. The first-order valence-electron chi connectivity index (χ1n) is 14.1. The normalized spacial score (nSPS) is 15.8. The van der Waals surface area contributed by atoms with Gasteiger partial charge in [-0.3, -0.25) is 9.29 Å². The van der Waals surface area contributed by atoms with Gasteiger partial charge in [0.15, 0.2) is 0 Å². The van der Waals surface area contributed by atoms with E-state index in [4.69, 9.17) is 0 Å². The van der Waals surface area contributed by atoms with Crippen LogP contribution in [0.15, 0.2) is 66.7 Å². The van der Waals surface area contributed by atoms with Crippen LogP contribution in [0, 0.1) is 12.8 Å². The molecule has 39 heavy (non-hydrogen) atoms. The Labute approximate surface area is 230 Å². The van der Waals surface area contributed by atoms with E-state index in [9.17, 15) is 14.3 Å². The SMILES string of the molecule is CC.Cc1ccccc1C1=C(c2ccc3[nH]c(CN4CC(CF)C4)cc3c2)c2ccc(C(=O)O)cc2CCC1. The lowest BCUT2D eigenvalue weighted by Gasteiger charge is -2.37. The van der Waals surface area contributed by atoms with E-state index in [2.05, 4.69) is 65.3 Å². The molecule has 3 aromatic carbocycles. The standard InChI is InChI=1S/C32H31FN2O2.C2H6/c1-20-5-2-3-7-27(20)29-8-4-6-22-13-24(32(36)37)9-11-28(22)31(29)23-10-12-30-25(14-23)15-26(34-30)19-35-17-21(16-33)18-35;1-2/h2-3,5,7,9-15,21,34H,4,6,8,16-19H2,1H3,(H,36,37);1-2H3. The summed E-state index contributed by atoms with van der Waals surface area (Å²) in [6.45, 7) is 8.36. The molecular formula is C34H37FN2O2. The topological polar surface area (TPSA) is 56.3 Å². The molecule has 202 valence electrons. The van der Waals surface area contributed by atoms with Crippen molar-refractivity contribution < 1.29 is 14.3 Å². The number of hydrogen-bond donors (Lipinski definition) is 2. The number of carboxylic acids is 1. The maximum atomic E-state index is 12.8. The Bertz CT molecular complexity index is 1530. The molecule has 1 aliphatic heterocycles. The van der Waals surface area contributed by atoms with E-state index >= 15 is 0 Å². The number of nitrogens with zero attached hydrogens (tertiary/aromatic N) is 1. The number of aromatic nitrogens is 1. The third-order valence-corrected chi connectivity index (χ3v) is 7.88. The number of halogens is 1. The number of nitrogens with one attached hydrogen (secondary N) is 1. The average Bonchev–Trinajstić information content (AvgIpc) is 3.23. The summed E-state index contributed by atoms with van der Waals surface area (Å²) in [6.07, 6.45) is 2.75. The molecule has 4 aromatic rings. The summed E-state index contributed by atoms with van der Waals surface area (Å²) in [5, 5.41) is 10.8. The van der Waals surface area contributed by atoms with Crippen molar-refractivity contribution in [3.8, 4) is 0 Å². The van der Waals surface area contributed by atoms with Crippen LogP contribution < -0.4 is 0 Å². The average molecular weight is 525 g/mol. The molecule has 0 bridgehead atoms. The summed E-state index contributed by atoms with van der Waals surface area (Å²) in [7, 11) is 0. The fourth-order valence-corrected chi connectivity index (χ4v) is 6.01. The molecular weight excluding hydrogens is 487 g/mol. The van der Waals surface area contributed by atoms with Crippen molar-refractivity contribution in [3.63, 3.8) is 0 Å². The Kier molecular flexibility index (Phi) is 7.99. The molecule has 2 N–H and O–H groups in total. The van der Waals surface area contributed by atoms with Crippen LogP contribution in [0.1, 0.15) is 70.6 Å². The van der Waals surface area contributed by atoms with Crippen molar-refractivity contribution in [2.75, 3.05) is 19.8 Å². The van der Waals surface area contributed by atoms with E-state index < -0.39 is 5.97 Å². The number of hydrogen-bond acceptors (Lipinski definition) is 2. The van der Waals surface area contributed by atoms with E-state index in [1.54, 1.807) is 6.07 Å². The van der Waals surface area contributed by atoms with Crippen LogP contribution in [0.2, 0.25) is 0 Å². The number of allylic oxidation sites excluding steroid dienone is 1. The fraction of sp³-hybridized carbons (Fsp3) is 0.324. The zero-order valence-corrected chi connectivity index (χ0v) is 23.1. The molecule has 1 aromatic heterocycles. The lowest BCUT2D eigenvalue weighted by molar-refractivity contribution is 0.0696. The Morgan fingerprint density at radius 3 is 2.54 bits per heavy atom. The molecule has 5 heteroatoms. The van der Waals surface area contributed by atoms with Crippen LogP contribution >= 0.6 is 0 Å². The summed E-state index contributed by atoms with van der Waals surface area (Å²) < 4.78 is 12.8. The molecule has 0 atom stereocenters. The second-order valence-electron chi connectivity index (χ2n) is 10.5. The van der Waals surface area contributed by atoms with Gasteiger partial charge in [-0.05, 0) is 95.5 Å². The number of aromatic amines is 1. The molecule has 0 saturated carbocycles. The molecule has 1 fully saturated rings. The smallest absolute Gasteiger partial charge is 0.335 e. The van der Waals surface area contributed by atoms with E-state index in [0.29, 0.717) is 5.56 Å². The molecule has 0 amide bonds. The van der Waals surface area contributed by atoms with E-state index in [0.717, 1.165) is 72.2 Å². The number of H-pyrrole nitrogens is 1. The highest BCUT2D eigenvalue weighted by Crippen LogP contribution is 2.41. The largest absolute Gasteiger partial charge is 0.478 e. The third kappa shape index (κ3) is 5.41. The first-order chi connectivity index (χ1) is 19.0. The van der Waals surface area contributed by atoms with Gasteiger partial charge in [-0.2, -0.15) is 0 Å². The van der Waals surface area contributed by atoms with Crippen LogP contribution in [-0.2, 0) is 13.0 Å². The summed E-state index contributed by atoms with van der Waals surface area (Å²) in [5.74, 6) is -0.710. The molecule has 0 unspecified atom stereocenters. The maximum absolute atomic E-state index is 12.8. The zero-order valence-electron chi connectivity index (χ0n) is 23.1. The highest BCUT2D eigenvalue weighted by atomic mass is 19.1. The number of carbonyl (C=O) groups is 1. The maximum Gasteiger partial charge on any atom is 0.335 e. The Morgan fingerprint density at radius 2 is 1.79 bits per heavy atom. The number of carboxylic acid groups (broad SMARTS) is 1. The van der Waals surface area contributed by atoms with Gasteiger partial charge in [0.25, 0.3) is 0 Å². The van der Waals surface area contributed by atoms with Crippen LogP contribution in [0.25, 0.3) is 22.0 Å². The van der Waals surface area contributed by atoms with Gasteiger partial charge in [0.2, 0.25) is 0 Å². The summed E-state index contributed by atoms with van der Waals surface area (Å²) in [5.41, 5.74) is 10.9. The van der Waals surface area contributed by atoms with Crippen molar-refractivity contribution >= 4 is 28.0 Å². The van der Waals surface area contributed by atoms with E-state index in [1.165, 1.54) is 22.3 Å². The predicted octanol–water partition coefficient (Wildman–Crippen LogP) is 7.90. The second-order valence-corrected chi connectivity index (χ2v) is 10.5. The van der Waals surface area contributed by atoms with E-state index in [-0.39, 0.29) is 12.6 Å². The molecule has 6 rings (SSSR count). The highest BCUT2D eigenvalue weighted by Gasteiger charge is 2.27. The van der Waals surface area contributed by atoms with Crippen LogP contribution in [0.4, 0.5) is 4.39 Å². The van der Waals surface area contributed by atoms with Crippen molar-refractivity contribution in [2.24, 2.45) is 5.92 Å². The van der Waals surface area contributed by atoms with Gasteiger partial charge in [0.1, 0.15) is 0 Å². The lowest BCUT2D eigenvalue weighted by atomic mass is 9.86. The first-order valence-corrected chi connectivity index (χ1v) is 14.1. The van der Waals surface area contributed by atoms with Crippen molar-refractivity contribution in [3.05, 3.63) is 106 Å². The van der Waals surface area contributed by atoms with Crippen molar-refractivity contribution in [2.45, 2.75) is 46.6 Å². The minimum atomic E-state index is -0.891. The monoisotopic (exact) mass is 524 g/mol. The third-order valence-electron chi connectivity index (χ3n) is 7.88. The fourth-order valence-electron chi connectivity index (χ4n) is 6.01. The molecule has 0 radical (unpaired) electrons. The van der Waals surface area contributed by atoms with Gasteiger partial charge < -0.3 is 10.1 Å². The van der Waals surface area contributed by atoms with Crippen LogP contribution in [0.3, 0.4) is 0 Å². The molecule has 1 saturated heterocycles. The van der Waals surface area contributed by atoms with Crippen molar-refractivity contribution in [1.29, 1.82) is 0 Å². The zero-order chi connectivity index (χ0) is 27.5. The van der Waals surface area contributed by atoms with Gasteiger partial charge in [-0.1, -0.05) is 50.2 Å². The minimum Gasteiger partial charge on any atom is -0.478 e. The highest BCUT2D eigenvalue weighted by molar-refractivity contribution is 6.02. The number of alkyl halides is 1. The molecule has 2 heterocycles. The Balaban J connectivity index is 0.00000151. The Morgan fingerprint density at radius 1 is 1.00 bits per heavy atom. The number of aromatic carboxylic acids is 1. The number of fused-ring (bicyclic) bond motifs is 2. The number of benzene rings is 3. The van der Waals surface area contributed by atoms with Crippen LogP contribution in [0.5, 0.6) is 0 Å². The van der Waals surface area contributed by atoms with Crippen molar-refractivity contribution in [1.82, 2.24) is 9.88 Å². The summed E-state index contributed by atoms with van der Waals surface area (Å²) >= 11 is 0. The quantitative estimate of drug-likeness (QED) is 0.270.